The number of amides is 1. The summed E-state index contributed by atoms with van der Waals surface area (Å²) in [5.74, 6) is 0.839. The van der Waals surface area contributed by atoms with E-state index in [0.29, 0.717) is 28.6 Å². The lowest BCUT2D eigenvalue weighted by molar-refractivity contribution is 0.0720. The van der Waals surface area contributed by atoms with Crippen LogP contribution in [0.2, 0.25) is 0 Å². The van der Waals surface area contributed by atoms with E-state index in [0.717, 1.165) is 28.7 Å². The van der Waals surface area contributed by atoms with Crippen LogP contribution < -0.4 is 5.56 Å². The number of para-hydroxylation sites is 1. The third-order valence-electron chi connectivity index (χ3n) is 4.63. The average molecular weight is 385 g/mol. The Hall–Kier alpha value is -2.14. The van der Waals surface area contributed by atoms with Gasteiger partial charge >= 0.3 is 0 Å². The lowest BCUT2D eigenvalue weighted by Crippen LogP contribution is -2.36. The first-order valence-electron chi connectivity index (χ1n) is 9.67. The second-order valence-electron chi connectivity index (χ2n) is 7.92. The molecule has 4 nitrogen and oxygen atoms in total. The summed E-state index contributed by atoms with van der Waals surface area (Å²) in [6.07, 6.45) is 0. The highest BCUT2D eigenvalue weighted by Gasteiger charge is 2.22. The summed E-state index contributed by atoms with van der Waals surface area (Å²) in [5, 5.41) is 1.69. The van der Waals surface area contributed by atoms with E-state index in [1.807, 2.05) is 36.1 Å². The van der Waals surface area contributed by atoms with Crippen LogP contribution in [0.1, 0.15) is 44.3 Å². The van der Waals surface area contributed by atoms with Gasteiger partial charge in [-0.2, -0.15) is 0 Å². The Bertz CT molecular complexity index is 1020. The normalized spacial score (nSPS) is 11.8. The number of benzene rings is 1. The van der Waals surface area contributed by atoms with E-state index >= 15 is 0 Å². The molecule has 1 aromatic carbocycles. The van der Waals surface area contributed by atoms with Gasteiger partial charge < -0.3 is 9.47 Å². The number of nitrogens with zero attached hydrogens (tertiary/aromatic N) is 2. The van der Waals surface area contributed by atoms with Crippen LogP contribution in [0.25, 0.3) is 21.0 Å². The molecule has 144 valence electrons. The predicted molar refractivity (Wildman–Crippen MR) is 115 cm³/mol. The zero-order valence-electron chi connectivity index (χ0n) is 16.8. The lowest BCUT2D eigenvalue weighted by Gasteiger charge is -2.25. The fraction of sp³-hybridized carbons (Fsp3) is 0.455. The Morgan fingerprint density at radius 2 is 1.70 bits per heavy atom. The van der Waals surface area contributed by atoms with Crippen LogP contribution in [0.3, 0.4) is 0 Å². The topological polar surface area (TPSA) is 42.3 Å². The molecule has 27 heavy (non-hydrogen) atoms. The third-order valence-corrected chi connectivity index (χ3v) is 5.79. The largest absolute Gasteiger partial charge is 0.337 e. The second-order valence-corrected chi connectivity index (χ2v) is 8.97. The fourth-order valence-corrected chi connectivity index (χ4v) is 4.75. The van der Waals surface area contributed by atoms with Crippen LogP contribution in [-0.2, 0) is 6.54 Å². The van der Waals surface area contributed by atoms with E-state index in [1.54, 1.807) is 10.6 Å². The number of thiophene rings is 1. The minimum atomic E-state index is -0.0132. The first-order valence-corrected chi connectivity index (χ1v) is 10.5. The van der Waals surface area contributed by atoms with Crippen LogP contribution in [0.4, 0.5) is 0 Å². The van der Waals surface area contributed by atoms with Crippen LogP contribution in [0.5, 0.6) is 0 Å². The Balaban J connectivity index is 2.16. The molecule has 3 aromatic rings. The summed E-state index contributed by atoms with van der Waals surface area (Å²) in [6.45, 7) is 12.5. The molecule has 0 saturated heterocycles. The first-order chi connectivity index (χ1) is 12.8. The molecule has 0 atom stereocenters. The molecule has 0 aliphatic rings. The monoisotopic (exact) mass is 384 g/mol. The molecule has 5 heteroatoms. The van der Waals surface area contributed by atoms with E-state index in [2.05, 4.69) is 27.7 Å². The minimum absolute atomic E-state index is 0.0132. The van der Waals surface area contributed by atoms with Crippen molar-refractivity contribution in [1.29, 1.82) is 0 Å². The molecular weight excluding hydrogens is 356 g/mol. The molecule has 0 fully saturated rings. The third kappa shape index (κ3) is 3.79. The van der Waals surface area contributed by atoms with Crippen molar-refractivity contribution in [2.24, 2.45) is 11.8 Å². The van der Waals surface area contributed by atoms with E-state index in [-0.39, 0.29) is 11.5 Å². The van der Waals surface area contributed by atoms with E-state index in [4.69, 9.17) is 0 Å². The lowest BCUT2D eigenvalue weighted by atomic mass is 10.1. The van der Waals surface area contributed by atoms with Gasteiger partial charge in [-0.15, -0.1) is 11.3 Å². The maximum Gasteiger partial charge on any atom is 0.263 e. The summed E-state index contributed by atoms with van der Waals surface area (Å²) in [5.41, 5.74) is 0.917. The number of hydrogen-bond acceptors (Lipinski definition) is 3. The molecule has 3 rings (SSSR count). The number of hydrogen-bond donors (Lipinski definition) is 0. The number of aryl methyl sites for hydroxylation is 1. The van der Waals surface area contributed by atoms with Gasteiger partial charge in [-0.3, -0.25) is 9.59 Å². The molecule has 0 spiro atoms. The minimum Gasteiger partial charge on any atom is -0.337 e. The van der Waals surface area contributed by atoms with Crippen LogP contribution in [0.15, 0.2) is 35.1 Å². The molecule has 0 N–H and O–H groups in total. The van der Waals surface area contributed by atoms with Crippen molar-refractivity contribution in [3.8, 4) is 0 Å². The molecule has 0 aliphatic heterocycles. The summed E-state index contributed by atoms with van der Waals surface area (Å²) in [7, 11) is 0. The van der Waals surface area contributed by atoms with Crippen LogP contribution >= 0.6 is 11.3 Å². The highest BCUT2D eigenvalue weighted by atomic mass is 32.1. The zero-order valence-corrected chi connectivity index (χ0v) is 17.6. The maximum absolute atomic E-state index is 13.2. The number of carbonyl (C=O) groups excluding carboxylic acids is 1. The predicted octanol–water partition coefficient (Wildman–Crippen LogP) is 4.99. The van der Waals surface area contributed by atoms with Crippen molar-refractivity contribution in [2.45, 2.75) is 41.2 Å². The molecule has 0 radical (unpaired) electrons. The maximum atomic E-state index is 13.2. The Labute approximate surface area is 164 Å². The zero-order chi connectivity index (χ0) is 19.7. The molecule has 0 unspecified atom stereocenters. The smallest absolute Gasteiger partial charge is 0.263 e. The van der Waals surface area contributed by atoms with Crippen molar-refractivity contribution in [3.05, 3.63) is 45.6 Å². The van der Waals surface area contributed by atoms with E-state index < -0.39 is 0 Å². The average Bonchev–Trinajstić information content (AvgIpc) is 3.06. The number of rotatable bonds is 6. The first kappa shape index (κ1) is 19.6. The van der Waals surface area contributed by atoms with Gasteiger partial charge in [0.1, 0.15) is 0 Å². The van der Waals surface area contributed by atoms with E-state index in [9.17, 15) is 9.59 Å². The summed E-state index contributed by atoms with van der Waals surface area (Å²) in [4.78, 5) is 28.8. The molecular formula is C22H28N2O2S. The second kappa shape index (κ2) is 7.85. The number of pyridine rings is 1. The number of carbonyl (C=O) groups is 1. The van der Waals surface area contributed by atoms with Crippen LogP contribution in [0, 0.1) is 11.8 Å². The Morgan fingerprint density at radius 3 is 2.30 bits per heavy atom. The van der Waals surface area contributed by atoms with Gasteiger partial charge in [0.15, 0.2) is 0 Å². The molecule has 0 saturated carbocycles. The molecule has 0 aliphatic carbocycles. The fourth-order valence-electron chi connectivity index (χ4n) is 3.60. The van der Waals surface area contributed by atoms with Gasteiger partial charge in [-0.05, 0) is 30.9 Å². The van der Waals surface area contributed by atoms with Gasteiger partial charge in [0.2, 0.25) is 0 Å². The standard InChI is InChI=1S/C22H28N2O2S/c1-6-24-18-10-8-7-9-16(18)20-17(21(24)25)11-19(27-20)22(26)23(12-14(2)3)13-15(4)5/h7-11,14-15H,6,12-13H2,1-5H3. The number of fused-ring (bicyclic) bond motifs is 3. The van der Waals surface area contributed by atoms with Gasteiger partial charge in [0.05, 0.1) is 15.8 Å². The molecule has 0 bridgehead atoms. The van der Waals surface area contributed by atoms with Crippen molar-refractivity contribution in [1.82, 2.24) is 9.47 Å². The Morgan fingerprint density at radius 1 is 1.07 bits per heavy atom. The SMILES string of the molecule is CCn1c(=O)c2cc(C(=O)N(CC(C)C)CC(C)C)sc2c2ccccc21. The van der Waals surface area contributed by atoms with E-state index in [1.165, 1.54) is 11.3 Å². The number of aromatic nitrogens is 1. The van der Waals surface area contributed by atoms with Gasteiger partial charge in [0.25, 0.3) is 11.5 Å². The van der Waals surface area contributed by atoms with Gasteiger partial charge in [-0.1, -0.05) is 45.9 Å². The van der Waals surface area contributed by atoms with Crippen molar-refractivity contribution < 1.29 is 4.79 Å². The summed E-state index contributed by atoms with van der Waals surface area (Å²) < 4.78 is 2.70. The molecule has 2 aromatic heterocycles. The van der Waals surface area contributed by atoms with Crippen molar-refractivity contribution in [3.63, 3.8) is 0 Å². The van der Waals surface area contributed by atoms with Crippen molar-refractivity contribution >= 4 is 38.2 Å². The highest BCUT2D eigenvalue weighted by Crippen LogP contribution is 2.31. The summed E-state index contributed by atoms with van der Waals surface area (Å²) in [6, 6.07) is 9.75. The van der Waals surface area contributed by atoms with Gasteiger partial charge in [0, 0.05) is 29.7 Å². The molecule has 2 heterocycles. The van der Waals surface area contributed by atoms with Crippen LogP contribution in [-0.4, -0.2) is 28.5 Å². The highest BCUT2D eigenvalue weighted by molar-refractivity contribution is 7.21. The van der Waals surface area contributed by atoms with Crippen molar-refractivity contribution in [2.75, 3.05) is 13.1 Å². The Kier molecular flexibility index (Phi) is 5.70. The van der Waals surface area contributed by atoms with Gasteiger partial charge in [-0.25, -0.2) is 0 Å². The molecule has 1 amide bonds. The summed E-state index contributed by atoms with van der Waals surface area (Å²) >= 11 is 1.45. The quantitative estimate of drug-likeness (QED) is 0.601.